The Kier molecular flexibility index (Phi) is 6.61. The van der Waals surface area contributed by atoms with Gasteiger partial charge in [-0.1, -0.05) is 0 Å². The molecule has 9 nitrogen and oxygen atoms in total. The van der Waals surface area contributed by atoms with Crippen molar-refractivity contribution in [2.75, 3.05) is 12.4 Å². The van der Waals surface area contributed by atoms with Gasteiger partial charge in [-0.3, -0.25) is 9.20 Å². The van der Waals surface area contributed by atoms with Crippen LogP contribution in [0.4, 0.5) is 11.5 Å². The first-order chi connectivity index (χ1) is 15.0. The number of aromatic nitrogens is 2. The predicted octanol–water partition coefficient (Wildman–Crippen LogP) is 2.92. The Bertz CT molecular complexity index is 1290. The number of rotatable bonds is 5. The van der Waals surface area contributed by atoms with E-state index < -0.39 is 6.61 Å². The SMILES string of the molecule is COc1cccn2c(=O)c(CO)c(Nc3ccc(-c4ccc(C)o4)cc3)nc12.O=C=O. The number of ether oxygens (including phenoxy) is 1. The molecule has 0 saturated carbocycles. The molecule has 31 heavy (non-hydrogen) atoms. The summed E-state index contributed by atoms with van der Waals surface area (Å²) in [5, 5.41) is 12.8. The number of fused-ring (bicyclic) bond motifs is 1. The lowest BCUT2D eigenvalue weighted by atomic mass is 10.1. The molecule has 0 spiro atoms. The molecule has 0 radical (unpaired) electrons. The highest BCUT2D eigenvalue weighted by Gasteiger charge is 2.15. The van der Waals surface area contributed by atoms with Gasteiger partial charge in [0.05, 0.1) is 19.3 Å². The zero-order valence-electron chi connectivity index (χ0n) is 16.8. The highest BCUT2D eigenvalue weighted by molar-refractivity contribution is 5.67. The van der Waals surface area contributed by atoms with E-state index in [0.29, 0.717) is 17.2 Å². The second kappa shape index (κ2) is 9.53. The van der Waals surface area contributed by atoms with Crippen molar-refractivity contribution < 1.29 is 23.8 Å². The number of aliphatic hydroxyl groups is 1. The first kappa shape index (κ1) is 21.5. The van der Waals surface area contributed by atoms with Gasteiger partial charge in [-0.2, -0.15) is 9.59 Å². The number of hydrogen-bond donors (Lipinski definition) is 2. The number of nitrogens with one attached hydrogen (secondary N) is 1. The maximum absolute atomic E-state index is 12.7. The minimum atomic E-state index is -0.432. The van der Waals surface area contributed by atoms with Gasteiger partial charge in [-0.15, -0.1) is 0 Å². The smallest absolute Gasteiger partial charge is 0.373 e. The van der Waals surface area contributed by atoms with E-state index in [0.717, 1.165) is 22.8 Å². The number of aryl methyl sites for hydroxylation is 1. The number of anilines is 2. The lowest BCUT2D eigenvalue weighted by Gasteiger charge is -2.13. The van der Waals surface area contributed by atoms with Crippen LogP contribution in [-0.2, 0) is 16.2 Å². The molecular weight excluding hydrogens is 402 g/mol. The number of benzene rings is 1. The topological polar surface area (TPSA) is 123 Å². The number of nitrogens with zero attached hydrogens (tertiary/aromatic N) is 2. The zero-order valence-corrected chi connectivity index (χ0v) is 16.8. The van der Waals surface area contributed by atoms with Crippen LogP contribution >= 0.6 is 0 Å². The summed E-state index contributed by atoms with van der Waals surface area (Å²) >= 11 is 0. The van der Waals surface area contributed by atoms with Crippen LogP contribution < -0.4 is 15.6 Å². The molecule has 0 aliphatic carbocycles. The van der Waals surface area contributed by atoms with Gasteiger partial charge in [0.1, 0.15) is 17.3 Å². The van der Waals surface area contributed by atoms with Crippen molar-refractivity contribution in [2.45, 2.75) is 13.5 Å². The Hall–Kier alpha value is -4.20. The Morgan fingerprint density at radius 2 is 1.87 bits per heavy atom. The summed E-state index contributed by atoms with van der Waals surface area (Å²) in [5.41, 5.74) is 1.87. The molecule has 3 heterocycles. The van der Waals surface area contributed by atoms with Gasteiger partial charge in [0.2, 0.25) is 0 Å². The maximum atomic E-state index is 12.7. The maximum Gasteiger partial charge on any atom is 0.373 e. The second-order valence-corrected chi connectivity index (χ2v) is 6.37. The van der Waals surface area contributed by atoms with Crippen molar-refractivity contribution in [3.8, 4) is 17.1 Å². The van der Waals surface area contributed by atoms with Gasteiger partial charge in [0.25, 0.3) is 5.56 Å². The second-order valence-electron chi connectivity index (χ2n) is 6.37. The Balaban J connectivity index is 0.000000858. The third kappa shape index (κ3) is 4.53. The summed E-state index contributed by atoms with van der Waals surface area (Å²) in [6.45, 7) is 1.46. The molecule has 1 aromatic carbocycles. The van der Waals surface area contributed by atoms with Crippen LogP contribution in [0.1, 0.15) is 11.3 Å². The summed E-state index contributed by atoms with van der Waals surface area (Å²) in [6.07, 6.45) is 1.84. The molecule has 2 N–H and O–H groups in total. The number of furan rings is 1. The number of methoxy groups -OCH3 is 1. The molecule has 4 rings (SSSR count). The van der Waals surface area contributed by atoms with Crippen molar-refractivity contribution in [1.82, 2.24) is 9.38 Å². The Labute approximate surface area is 176 Å². The molecule has 158 valence electrons. The third-order valence-corrected chi connectivity index (χ3v) is 4.46. The van der Waals surface area contributed by atoms with Crippen molar-refractivity contribution in [1.29, 1.82) is 0 Å². The fourth-order valence-corrected chi connectivity index (χ4v) is 3.02. The molecule has 0 amide bonds. The van der Waals surface area contributed by atoms with Crippen molar-refractivity contribution in [2.24, 2.45) is 0 Å². The molecule has 0 fully saturated rings. The van der Waals surface area contributed by atoms with Crippen LogP contribution in [0.5, 0.6) is 5.75 Å². The lowest BCUT2D eigenvalue weighted by Crippen LogP contribution is -2.22. The van der Waals surface area contributed by atoms with Gasteiger partial charge in [-0.05, 0) is 55.5 Å². The highest BCUT2D eigenvalue weighted by atomic mass is 16.5. The van der Waals surface area contributed by atoms with Crippen LogP contribution in [0.15, 0.2) is 63.9 Å². The third-order valence-electron chi connectivity index (χ3n) is 4.46. The van der Waals surface area contributed by atoms with Gasteiger partial charge in [-0.25, -0.2) is 4.98 Å². The summed E-state index contributed by atoms with van der Waals surface area (Å²) in [7, 11) is 1.52. The predicted molar refractivity (Wildman–Crippen MR) is 111 cm³/mol. The molecule has 9 heteroatoms. The summed E-state index contributed by atoms with van der Waals surface area (Å²) in [5.74, 6) is 2.39. The van der Waals surface area contributed by atoms with E-state index in [2.05, 4.69) is 10.3 Å². The Morgan fingerprint density at radius 3 is 2.45 bits per heavy atom. The molecule has 0 aliphatic rings. The van der Waals surface area contributed by atoms with E-state index in [-0.39, 0.29) is 17.3 Å². The number of aliphatic hydroxyl groups excluding tert-OH is 1. The standard InChI is InChI=1S/C21H19N3O4.CO2/c1-13-5-10-17(28-13)14-6-8-15(9-7-14)22-19-16(12-25)21(26)24-11-3-4-18(27-2)20(24)23-19;2-1-3/h3-11,22,25H,12H2,1-2H3;. The fourth-order valence-electron chi connectivity index (χ4n) is 3.02. The van der Waals surface area contributed by atoms with Crippen LogP contribution in [0.2, 0.25) is 0 Å². The largest absolute Gasteiger partial charge is 0.493 e. The van der Waals surface area contributed by atoms with Gasteiger partial charge in [0.15, 0.2) is 11.4 Å². The van der Waals surface area contributed by atoms with Crippen LogP contribution in [-0.4, -0.2) is 27.8 Å². The van der Waals surface area contributed by atoms with Crippen LogP contribution in [0, 0.1) is 6.92 Å². The molecule has 0 saturated heterocycles. The quantitative estimate of drug-likeness (QED) is 0.504. The minimum Gasteiger partial charge on any atom is -0.493 e. The summed E-state index contributed by atoms with van der Waals surface area (Å²) in [4.78, 5) is 33.5. The zero-order chi connectivity index (χ0) is 22.4. The van der Waals surface area contributed by atoms with E-state index in [1.165, 1.54) is 11.5 Å². The average Bonchev–Trinajstić information content (AvgIpc) is 3.21. The minimum absolute atomic E-state index is 0.177. The summed E-state index contributed by atoms with van der Waals surface area (Å²) < 4.78 is 12.3. The summed E-state index contributed by atoms with van der Waals surface area (Å²) in [6, 6.07) is 14.8. The molecule has 0 atom stereocenters. The molecule has 0 unspecified atom stereocenters. The van der Waals surface area contributed by atoms with Gasteiger partial charge >= 0.3 is 6.15 Å². The monoisotopic (exact) mass is 421 g/mol. The fraction of sp³-hybridized carbons (Fsp3) is 0.136. The van der Waals surface area contributed by atoms with Crippen molar-refractivity contribution >= 4 is 23.3 Å². The first-order valence-corrected chi connectivity index (χ1v) is 9.14. The number of hydrogen-bond acceptors (Lipinski definition) is 8. The van der Waals surface area contributed by atoms with E-state index in [1.807, 2.05) is 43.3 Å². The van der Waals surface area contributed by atoms with Crippen LogP contribution in [0.25, 0.3) is 17.0 Å². The normalized spacial score (nSPS) is 10.2. The lowest BCUT2D eigenvalue weighted by molar-refractivity contribution is -0.191. The Morgan fingerprint density at radius 1 is 1.16 bits per heavy atom. The van der Waals surface area contributed by atoms with E-state index >= 15 is 0 Å². The van der Waals surface area contributed by atoms with Gasteiger partial charge < -0.3 is 19.6 Å². The van der Waals surface area contributed by atoms with E-state index in [1.54, 1.807) is 18.3 Å². The number of carbonyl (C=O) groups excluding carboxylic acids is 2. The van der Waals surface area contributed by atoms with E-state index in [4.69, 9.17) is 18.7 Å². The molecule has 3 aromatic heterocycles. The van der Waals surface area contributed by atoms with E-state index in [9.17, 15) is 9.90 Å². The van der Waals surface area contributed by atoms with Crippen molar-refractivity contribution in [3.05, 3.63) is 76.4 Å². The van der Waals surface area contributed by atoms with Crippen molar-refractivity contribution in [3.63, 3.8) is 0 Å². The molecule has 4 aromatic rings. The average molecular weight is 421 g/mol. The van der Waals surface area contributed by atoms with Crippen LogP contribution in [0.3, 0.4) is 0 Å². The number of pyridine rings is 1. The molecule has 0 aliphatic heterocycles. The molecule has 0 bridgehead atoms. The first-order valence-electron chi connectivity index (χ1n) is 9.14. The van der Waals surface area contributed by atoms with Gasteiger partial charge in [0, 0.05) is 17.4 Å². The highest BCUT2D eigenvalue weighted by Crippen LogP contribution is 2.26. The molecular formula is C22H19N3O6.